The second kappa shape index (κ2) is 7.64. The minimum absolute atomic E-state index is 0.0867. The molecule has 1 aliphatic carbocycles. The Morgan fingerprint density at radius 2 is 2.06 bits per heavy atom. The molecule has 4 heteroatoms. The summed E-state index contributed by atoms with van der Waals surface area (Å²) in [6.07, 6.45) is 8.33. The van der Waals surface area contributed by atoms with E-state index in [0.717, 1.165) is 12.3 Å². The summed E-state index contributed by atoms with van der Waals surface area (Å²) in [6, 6.07) is 0. The summed E-state index contributed by atoms with van der Waals surface area (Å²) < 4.78 is 0. The normalized spacial score (nSPS) is 18.6. The van der Waals surface area contributed by atoms with Crippen LogP contribution in [0.1, 0.15) is 51.9 Å². The van der Waals surface area contributed by atoms with Crippen molar-refractivity contribution in [1.82, 2.24) is 5.32 Å². The predicted octanol–water partition coefficient (Wildman–Crippen LogP) is 2.39. The number of nitrogens with one attached hydrogen (secondary N) is 1. The van der Waals surface area contributed by atoms with Crippen LogP contribution in [0.4, 0.5) is 0 Å². The second-order valence-electron chi connectivity index (χ2n) is 5.15. The van der Waals surface area contributed by atoms with Gasteiger partial charge in [0.05, 0.1) is 4.99 Å². The summed E-state index contributed by atoms with van der Waals surface area (Å²) in [7, 11) is 0. The van der Waals surface area contributed by atoms with Gasteiger partial charge in [0, 0.05) is 18.9 Å². The van der Waals surface area contributed by atoms with Crippen molar-refractivity contribution in [2.75, 3.05) is 6.54 Å². The molecule has 3 nitrogen and oxygen atoms in total. The maximum Gasteiger partial charge on any atom is 0.220 e. The Morgan fingerprint density at radius 3 is 2.65 bits per heavy atom. The molecule has 3 N–H and O–H groups in total. The van der Waals surface area contributed by atoms with E-state index in [1.807, 2.05) is 6.92 Å². The molecule has 1 atom stereocenters. The third-order valence-electron chi connectivity index (χ3n) is 3.60. The van der Waals surface area contributed by atoms with Gasteiger partial charge in [-0.1, -0.05) is 51.2 Å². The fourth-order valence-corrected chi connectivity index (χ4v) is 2.35. The summed E-state index contributed by atoms with van der Waals surface area (Å²) in [5.41, 5.74) is 5.49. The van der Waals surface area contributed by atoms with Gasteiger partial charge in [-0.3, -0.25) is 4.79 Å². The highest BCUT2D eigenvalue weighted by Crippen LogP contribution is 2.27. The minimum atomic E-state index is 0.0867. The van der Waals surface area contributed by atoms with Crippen molar-refractivity contribution < 1.29 is 4.79 Å². The van der Waals surface area contributed by atoms with E-state index in [2.05, 4.69) is 5.32 Å². The monoisotopic (exact) mass is 256 g/mol. The van der Waals surface area contributed by atoms with Gasteiger partial charge in [0.1, 0.15) is 0 Å². The average molecular weight is 256 g/mol. The molecular weight excluding hydrogens is 232 g/mol. The lowest BCUT2D eigenvalue weighted by Crippen LogP contribution is -2.33. The summed E-state index contributed by atoms with van der Waals surface area (Å²) in [5, 5.41) is 2.90. The molecule has 1 amide bonds. The van der Waals surface area contributed by atoms with E-state index in [1.165, 1.54) is 32.1 Å². The number of nitrogens with two attached hydrogens (primary N) is 1. The van der Waals surface area contributed by atoms with Gasteiger partial charge in [0.25, 0.3) is 0 Å². The zero-order chi connectivity index (χ0) is 12.7. The first kappa shape index (κ1) is 14.4. The van der Waals surface area contributed by atoms with E-state index in [9.17, 15) is 4.79 Å². The number of thiocarbonyl (C=S) groups is 1. The molecule has 17 heavy (non-hydrogen) atoms. The summed E-state index contributed by atoms with van der Waals surface area (Å²) in [5.74, 6) is 0.991. The Morgan fingerprint density at radius 1 is 1.41 bits per heavy atom. The SMILES string of the molecule is CC(CNC(=O)CCC1CCCCC1)C(N)=S. The highest BCUT2D eigenvalue weighted by Gasteiger charge is 2.15. The van der Waals surface area contributed by atoms with Crippen LogP contribution in [-0.2, 0) is 4.79 Å². The molecule has 0 radical (unpaired) electrons. The number of carbonyl (C=O) groups is 1. The quantitative estimate of drug-likeness (QED) is 0.717. The largest absolute Gasteiger partial charge is 0.393 e. The highest BCUT2D eigenvalue weighted by atomic mass is 32.1. The molecule has 1 aliphatic rings. The Balaban J connectivity index is 2.10. The third-order valence-corrected chi connectivity index (χ3v) is 4.00. The van der Waals surface area contributed by atoms with Crippen molar-refractivity contribution in [2.45, 2.75) is 51.9 Å². The molecule has 1 unspecified atom stereocenters. The Labute approximate surface area is 110 Å². The maximum atomic E-state index is 11.6. The molecule has 1 fully saturated rings. The maximum absolute atomic E-state index is 11.6. The fourth-order valence-electron chi connectivity index (χ4n) is 2.27. The van der Waals surface area contributed by atoms with Crippen molar-refractivity contribution in [3.63, 3.8) is 0 Å². The molecule has 0 saturated heterocycles. The van der Waals surface area contributed by atoms with Crippen LogP contribution in [0.15, 0.2) is 0 Å². The van der Waals surface area contributed by atoms with Gasteiger partial charge < -0.3 is 11.1 Å². The molecule has 0 bridgehead atoms. The van der Waals surface area contributed by atoms with Crippen LogP contribution in [-0.4, -0.2) is 17.4 Å². The molecule has 0 heterocycles. The Kier molecular flexibility index (Phi) is 6.48. The van der Waals surface area contributed by atoms with E-state index in [1.54, 1.807) is 0 Å². The van der Waals surface area contributed by atoms with Crippen LogP contribution >= 0.6 is 12.2 Å². The zero-order valence-corrected chi connectivity index (χ0v) is 11.5. The fraction of sp³-hybridized carbons (Fsp3) is 0.846. The van der Waals surface area contributed by atoms with E-state index in [-0.39, 0.29) is 11.8 Å². The van der Waals surface area contributed by atoms with Gasteiger partial charge in [-0.2, -0.15) is 0 Å². The Hall–Kier alpha value is -0.640. The van der Waals surface area contributed by atoms with Crippen LogP contribution in [0, 0.1) is 11.8 Å². The number of carbonyl (C=O) groups excluding carboxylic acids is 1. The molecule has 0 aromatic rings. The van der Waals surface area contributed by atoms with Gasteiger partial charge in [-0.15, -0.1) is 0 Å². The topological polar surface area (TPSA) is 55.1 Å². The molecule has 0 spiro atoms. The first-order chi connectivity index (χ1) is 8.09. The zero-order valence-electron chi connectivity index (χ0n) is 10.7. The first-order valence-corrected chi connectivity index (χ1v) is 7.06. The predicted molar refractivity (Wildman–Crippen MR) is 74.8 cm³/mol. The molecule has 0 aliphatic heterocycles. The van der Waals surface area contributed by atoms with Gasteiger partial charge in [-0.05, 0) is 12.3 Å². The smallest absolute Gasteiger partial charge is 0.220 e. The first-order valence-electron chi connectivity index (χ1n) is 6.65. The number of hydrogen-bond donors (Lipinski definition) is 2. The number of rotatable bonds is 6. The van der Waals surface area contributed by atoms with Gasteiger partial charge >= 0.3 is 0 Å². The number of hydrogen-bond acceptors (Lipinski definition) is 2. The van der Waals surface area contributed by atoms with Gasteiger partial charge in [0.2, 0.25) is 5.91 Å². The van der Waals surface area contributed by atoms with Crippen molar-refractivity contribution >= 4 is 23.1 Å². The minimum Gasteiger partial charge on any atom is -0.393 e. The highest BCUT2D eigenvalue weighted by molar-refractivity contribution is 7.80. The van der Waals surface area contributed by atoms with Crippen molar-refractivity contribution in [3.8, 4) is 0 Å². The third kappa shape index (κ3) is 6.01. The van der Waals surface area contributed by atoms with Crippen LogP contribution < -0.4 is 11.1 Å². The molecular formula is C13H24N2OS. The lowest BCUT2D eigenvalue weighted by Gasteiger charge is -2.21. The molecule has 0 aromatic carbocycles. The Bertz CT molecular complexity index is 262. The molecule has 1 saturated carbocycles. The average Bonchev–Trinajstić information content (AvgIpc) is 2.34. The van der Waals surface area contributed by atoms with E-state index in [0.29, 0.717) is 18.0 Å². The van der Waals surface area contributed by atoms with E-state index < -0.39 is 0 Å². The lowest BCUT2D eigenvalue weighted by molar-refractivity contribution is -0.121. The molecule has 98 valence electrons. The van der Waals surface area contributed by atoms with Crippen LogP contribution in [0.25, 0.3) is 0 Å². The van der Waals surface area contributed by atoms with Crippen LogP contribution in [0.2, 0.25) is 0 Å². The number of amides is 1. The van der Waals surface area contributed by atoms with Crippen molar-refractivity contribution in [2.24, 2.45) is 17.6 Å². The second-order valence-corrected chi connectivity index (χ2v) is 5.62. The molecule has 0 aromatic heterocycles. The summed E-state index contributed by atoms with van der Waals surface area (Å²) in [6.45, 7) is 2.50. The van der Waals surface area contributed by atoms with E-state index >= 15 is 0 Å². The summed E-state index contributed by atoms with van der Waals surface area (Å²) in [4.78, 5) is 12.1. The molecule has 1 rings (SSSR count). The van der Waals surface area contributed by atoms with Gasteiger partial charge in [0.15, 0.2) is 0 Å². The van der Waals surface area contributed by atoms with Crippen LogP contribution in [0.3, 0.4) is 0 Å². The van der Waals surface area contributed by atoms with Gasteiger partial charge in [-0.25, -0.2) is 0 Å². The lowest BCUT2D eigenvalue weighted by atomic mass is 9.86. The van der Waals surface area contributed by atoms with Crippen molar-refractivity contribution in [3.05, 3.63) is 0 Å². The standard InChI is InChI=1S/C13H24N2OS/c1-10(13(14)17)9-15-12(16)8-7-11-5-3-2-4-6-11/h10-11H,2-9H2,1H3,(H2,14,17)(H,15,16). The van der Waals surface area contributed by atoms with Crippen molar-refractivity contribution in [1.29, 1.82) is 0 Å². The van der Waals surface area contributed by atoms with E-state index in [4.69, 9.17) is 18.0 Å². The van der Waals surface area contributed by atoms with Crippen LogP contribution in [0.5, 0.6) is 0 Å². The summed E-state index contributed by atoms with van der Waals surface area (Å²) >= 11 is 4.86.